The second-order valence-corrected chi connectivity index (χ2v) is 11.3. The van der Waals surface area contributed by atoms with Gasteiger partial charge in [0.2, 0.25) is 0 Å². The lowest BCUT2D eigenvalue weighted by atomic mass is 9.98. The minimum Gasteiger partial charge on any atom is -0.143 e. The van der Waals surface area contributed by atoms with Crippen LogP contribution in [0.2, 0.25) is 0 Å². The van der Waals surface area contributed by atoms with E-state index in [1.165, 1.54) is 35.9 Å². The van der Waals surface area contributed by atoms with Gasteiger partial charge in [0.25, 0.3) is 0 Å². The molecule has 84 valence electrons. The number of fused-ring (bicyclic) bond motifs is 4. The molecule has 0 aromatic carbocycles. The van der Waals surface area contributed by atoms with E-state index in [2.05, 4.69) is 47.0 Å². The van der Waals surface area contributed by atoms with Gasteiger partial charge < -0.3 is 0 Å². The molecule has 0 aromatic rings. The molecular weight excluding hydrogens is 260 g/mol. The van der Waals surface area contributed by atoms with E-state index in [1.54, 1.807) is 6.42 Å². The van der Waals surface area contributed by atoms with Crippen molar-refractivity contribution in [2.45, 2.75) is 27.4 Å². The van der Waals surface area contributed by atoms with Crippen LogP contribution in [0.25, 0.3) is 0 Å². The topological polar surface area (TPSA) is 0 Å². The highest BCUT2D eigenvalue weighted by Crippen LogP contribution is 2.73. The minimum atomic E-state index is 0.694. The molecule has 2 aliphatic carbocycles. The largest absolute Gasteiger partial charge is 0.143 e. The highest BCUT2D eigenvalue weighted by Gasteiger charge is 2.63. The molecule has 2 spiro atoms. The molecule has 4 rings (SSSR count). The maximum atomic E-state index is 2.30. The van der Waals surface area contributed by atoms with Crippen LogP contribution in [0.15, 0.2) is 0 Å². The monoisotopic (exact) mass is 276 g/mol. The Morgan fingerprint density at radius 3 is 1.40 bits per heavy atom. The van der Waals surface area contributed by atoms with Crippen molar-refractivity contribution in [2.24, 2.45) is 11.8 Å². The number of thioether (sulfide) groups is 4. The van der Waals surface area contributed by atoms with Gasteiger partial charge >= 0.3 is 0 Å². The Hall–Kier alpha value is 1.40. The van der Waals surface area contributed by atoms with Crippen molar-refractivity contribution in [3.63, 3.8) is 0 Å². The zero-order valence-corrected chi connectivity index (χ0v) is 12.0. The summed E-state index contributed by atoms with van der Waals surface area (Å²) in [5.41, 5.74) is 0. The van der Waals surface area contributed by atoms with E-state index in [9.17, 15) is 0 Å². The first-order chi connectivity index (χ1) is 7.33. The highest BCUT2D eigenvalue weighted by atomic mass is 32.2. The zero-order chi connectivity index (χ0) is 9.93. The van der Waals surface area contributed by atoms with Gasteiger partial charge in [-0.3, -0.25) is 0 Å². The third-order valence-electron chi connectivity index (χ3n) is 4.43. The molecule has 2 bridgehead atoms. The Kier molecular flexibility index (Phi) is 2.38. The molecule has 15 heavy (non-hydrogen) atoms. The zero-order valence-electron chi connectivity index (χ0n) is 8.74. The van der Waals surface area contributed by atoms with Crippen LogP contribution in [0.5, 0.6) is 0 Å². The first-order valence-corrected chi connectivity index (χ1v) is 9.83. The summed E-state index contributed by atoms with van der Waals surface area (Å²) in [6, 6.07) is 0. The summed E-state index contributed by atoms with van der Waals surface area (Å²) >= 11 is 9.21. The Morgan fingerprint density at radius 1 is 0.667 bits per heavy atom. The molecular formula is C11H16S4. The third kappa shape index (κ3) is 1.34. The highest BCUT2D eigenvalue weighted by molar-refractivity contribution is 8.22. The fourth-order valence-corrected chi connectivity index (χ4v) is 11.2. The molecule has 4 fully saturated rings. The first-order valence-electron chi connectivity index (χ1n) is 5.89. The predicted octanol–water partition coefficient (Wildman–Crippen LogP) is 3.77. The van der Waals surface area contributed by atoms with Crippen molar-refractivity contribution in [3.8, 4) is 0 Å². The van der Waals surface area contributed by atoms with E-state index < -0.39 is 0 Å². The molecule has 0 aromatic heterocycles. The molecule has 0 N–H and O–H groups in total. The van der Waals surface area contributed by atoms with Gasteiger partial charge in [-0.2, -0.15) is 0 Å². The summed E-state index contributed by atoms with van der Waals surface area (Å²) in [5.74, 6) is 7.78. The predicted molar refractivity (Wildman–Crippen MR) is 76.1 cm³/mol. The van der Waals surface area contributed by atoms with Crippen LogP contribution >= 0.6 is 47.0 Å². The molecule has 0 radical (unpaired) electrons. The van der Waals surface area contributed by atoms with Crippen molar-refractivity contribution >= 4 is 47.0 Å². The van der Waals surface area contributed by atoms with Crippen LogP contribution in [0.1, 0.15) is 19.3 Å². The van der Waals surface area contributed by atoms with Crippen LogP contribution < -0.4 is 0 Å². The average molecular weight is 277 g/mol. The fourth-order valence-electron chi connectivity index (χ4n) is 3.85. The molecule has 2 heterocycles. The Balaban J connectivity index is 1.62. The number of hydrogen-bond donors (Lipinski definition) is 0. The number of rotatable bonds is 0. The summed E-state index contributed by atoms with van der Waals surface area (Å²) in [7, 11) is 0. The van der Waals surface area contributed by atoms with Crippen LogP contribution in [0.4, 0.5) is 0 Å². The van der Waals surface area contributed by atoms with Gasteiger partial charge in [0.05, 0.1) is 8.16 Å². The lowest BCUT2D eigenvalue weighted by Crippen LogP contribution is -2.35. The second-order valence-electron chi connectivity index (χ2n) is 5.06. The number of hydrogen-bond acceptors (Lipinski definition) is 4. The fraction of sp³-hybridized carbons (Fsp3) is 1.00. The maximum Gasteiger partial charge on any atom is 0.0644 e. The van der Waals surface area contributed by atoms with E-state index in [4.69, 9.17) is 0 Å². The Morgan fingerprint density at radius 2 is 1.07 bits per heavy atom. The van der Waals surface area contributed by atoms with Gasteiger partial charge in [-0.15, -0.1) is 47.0 Å². The maximum absolute atomic E-state index is 2.30. The lowest BCUT2D eigenvalue weighted by molar-refractivity contribution is 0.459. The van der Waals surface area contributed by atoms with Gasteiger partial charge in [0.15, 0.2) is 0 Å². The van der Waals surface area contributed by atoms with Crippen molar-refractivity contribution in [2.75, 3.05) is 23.0 Å². The van der Waals surface area contributed by atoms with Gasteiger partial charge in [-0.1, -0.05) is 0 Å². The van der Waals surface area contributed by atoms with E-state index in [0.29, 0.717) is 8.16 Å². The van der Waals surface area contributed by atoms with Crippen LogP contribution in [-0.2, 0) is 0 Å². The molecule has 0 nitrogen and oxygen atoms in total. The van der Waals surface area contributed by atoms with Crippen LogP contribution in [0.3, 0.4) is 0 Å². The lowest BCUT2D eigenvalue weighted by Gasteiger charge is -2.40. The molecule has 2 saturated carbocycles. The van der Waals surface area contributed by atoms with Gasteiger partial charge in [0, 0.05) is 23.0 Å². The van der Waals surface area contributed by atoms with Crippen LogP contribution in [-0.4, -0.2) is 31.2 Å². The summed E-state index contributed by atoms with van der Waals surface area (Å²) in [5, 5.41) is 0. The molecule has 4 heteroatoms. The van der Waals surface area contributed by atoms with Gasteiger partial charge in [-0.25, -0.2) is 0 Å². The first kappa shape index (κ1) is 10.3. The van der Waals surface area contributed by atoms with Gasteiger partial charge in [-0.05, 0) is 31.1 Å². The molecule has 4 aliphatic rings. The summed E-state index contributed by atoms with van der Waals surface area (Å²) in [6.45, 7) is 0. The molecule has 2 aliphatic heterocycles. The quantitative estimate of drug-likeness (QED) is 0.660. The van der Waals surface area contributed by atoms with E-state index >= 15 is 0 Å². The third-order valence-corrected chi connectivity index (χ3v) is 11.9. The molecule has 0 amide bonds. The molecule has 2 atom stereocenters. The molecule has 2 saturated heterocycles. The van der Waals surface area contributed by atoms with Crippen molar-refractivity contribution in [1.82, 2.24) is 0 Å². The summed E-state index contributed by atoms with van der Waals surface area (Å²) in [4.78, 5) is 0. The normalized spacial score (nSPS) is 44.8. The summed E-state index contributed by atoms with van der Waals surface area (Å²) in [6.07, 6.45) is 4.62. The van der Waals surface area contributed by atoms with Gasteiger partial charge in [0.1, 0.15) is 0 Å². The van der Waals surface area contributed by atoms with E-state index in [-0.39, 0.29) is 0 Å². The van der Waals surface area contributed by atoms with E-state index in [0.717, 1.165) is 11.8 Å². The standard InChI is InChI=1S/C11H16S4/c1-2-13-10(12-1)6-9-5-8(10)7-11(9)14-3-4-15-11/h8-9H,1-7H2/t8-,9-/m1/s1. The minimum absolute atomic E-state index is 0.694. The molecule has 0 unspecified atom stereocenters. The van der Waals surface area contributed by atoms with Crippen LogP contribution in [0, 0.1) is 11.8 Å². The van der Waals surface area contributed by atoms with Crippen molar-refractivity contribution in [1.29, 1.82) is 0 Å². The summed E-state index contributed by atoms with van der Waals surface area (Å²) < 4.78 is 1.39. The SMILES string of the molecule is C1CSC2(C[C@H]3C[C@@H]2CC32SCCS2)S1. The van der Waals surface area contributed by atoms with Crippen molar-refractivity contribution in [3.05, 3.63) is 0 Å². The second kappa shape index (κ2) is 3.46. The van der Waals surface area contributed by atoms with Crippen molar-refractivity contribution < 1.29 is 0 Å². The Bertz CT molecular complexity index is 250. The Labute approximate surface area is 109 Å². The average Bonchev–Trinajstić information content (AvgIpc) is 2.94. The smallest absolute Gasteiger partial charge is 0.0644 e. The van der Waals surface area contributed by atoms with E-state index in [1.807, 2.05) is 0 Å².